The number of rotatable bonds is 67. The number of carbonyl (C=O) groups is 4. The molecule has 0 aromatic rings. The second-order valence-corrected chi connectivity index (χ2v) is 26.6. The van der Waals surface area contributed by atoms with E-state index in [9.17, 15) is 43.2 Å². The molecule has 0 aromatic heterocycles. The van der Waals surface area contributed by atoms with Gasteiger partial charge in [-0.1, -0.05) is 242 Å². The summed E-state index contributed by atoms with van der Waals surface area (Å²) in [5.41, 5.74) is 0. The Labute approximate surface area is 603 Å². The van der Waals surface area contributed by atoms with Gasteiger partial charge in [0.25, 0.3) is 0 Å². The Kier molecular flexibility index (Phi) is 67.4. The maximum absolute atomic E-state index is 13.1. The highest BCUT2D eigenvalue weighted by Crippen LogP contribution is 2.45. The third kappa shape index (κ3) is 70.6. The van der Waals surface area contributed by atoms with E-state index in [1.54, 1.807) is 0 Å². The Hall–Kier alpha value is -5.84. The lowest BCUT2D eigenvalue weighted by Gasteiger charge is -2.21. The molecular formula is C81H128O17P2. The number of allylic oxidation sites excluding steroid dienone is 30. The van der Waals surface area contributed by atoms with E-state index in [4.69, 9.17) is 37.0 Å². The van der Waals surface area contributed by atoms with E-state index >= 15 is 0 Å². The van der Waals surface area contributed by atoms with E-state index in [1.807, 2.05) is 24.3 Å². The van der Waals surface area contributed by atoms with Gasteiger partial charge in [0.2, 0.25) is 0 Å². The molecule has 5 atom stereocenters. The van der Waals surface area contributed by atoms with E-state index in [1.165, 1.54) is 6.42 Å². The van der Waals surface area contributed by atoms with Gasteiger partial charge in [0.1, 0.15) is 19.3 Å². The molecule has 0 bridgehead atoms. The summed E-state index contributed by atoms with van der Waals surface area (Å²) >= 11 is 0. The SMILES string of the molecule is CC/C=C\C/C=C\C/C=C\C/C=C\C/C=C\C/C=C\CCC(=O)OCC(COP(=O)(O)OCC(O)COP(=O)(O)OCC(COC(=O)CCCC/C=C\C/C=C\C/C=C\C/C=C\CC)OC(=O)CCCCCCC/C=C\CCCC)OC(=O)CCCC/C=C\C/C=C\C/C=C\C/C=C\CC. The molecule has 0 aliphatic carbocycles. The average molecular weight is 1440 g/mol. The molecule has 0 saturated carbocycles. The maximum Gasteiger partial charge on any atom is 0.472 e. The van der Waals surface area contributed by atoms with Crippen molar-refractivity contribution >= 4 is 39.5 Å². The van der Waals surface area contributed by atoms with Crippen molar-refractivity contribution in [2.45, 2.75) is 264 Å². The molecule has 100 heavy (non-hydrogen) atoms. The van der Waals surface area contributed by atoms with Gasteiger partial charge in [0.05, 0.1) is 26.4 Å². The number of aliphatic hydroxyl groups excluding tert-OH is 1. The standard InChI is InChI=1S/C81H128O17P2/c1-5-9-13-17-21-25-29-32-35-36-37-38-41-43-47-50-54-58-62-66-79(84)92-72-77(98-81(86)68-64-60-56-52-48-44-40-34-31-27-23-19-15-11-7-3)74-96-100(89,90)94-70-75(82)69-93-99(87,88)95-73-76(97-80(85)67-63-59-55-51-45-28-24-20-16-12-8-4)71-91-78(83)65-61-57-53-49-46-42-39-33-30-26-22-18-14-10-6-2/h9-11,13-15,20-27,32-35,37-40,43,46-49,52,54,58,75-77,82H,5-8,12,16-19,28-31,36,41-42,44-45,50-51,53,55-57,59-74H2,1-4H3,(H,87,88)(H,89,90)/b13-9-,14-10-,15-11-,24-20-,25-21-,26-22-,27-23-,35-32-,38-37-,39-33-,40-34-,47-43-,49-46-,52-48-,58-54-. The van der Waals surface area contributed by atoms with Crippen molar-refractivity contribution in [3.63, 3.8) is 0 Å². The van der Waals surface area contributed by atoms with Crippen LogP contribution < -0.4 is 0 Å². The molecule has 0 heterocycles. The highest BCUT2D eigenvalue weighted by Gasteiger charge is 2.30. The lowest BCUT2D eigenvalue weighted by molar-refractivity contribution is -0.161. The maximum atomic E-state index is 13.1. The molecule has 17 nitrogen and oxygen atoms in total. The van der Waals surface area contributed by atoms with Crippen LogP contribution in [0.3, 0.4) is 0 Å². The van der Waals surface area contributed by atoms with E-state index < -0.39 is 97.5 Å². The Morgan fingerprint density at radius 2 is 0.540 bits per heavy atom. The topological polar surface area (TPSA) is 237 Å². The number of esters is 4. The molecule has 0 rings (SSSR count). The summed E-state index contributed by atoms with van der Waals surface area (Å²) in [6.45, 7) is 4.24. The zero-order valence-electron chi connectivity index (χ0n) is 61.3. The summed E-state index contributed by atoms with van der Waals surface area (Å²) in [4.78, 5) is 72.7. The Balaban J connectivity index is 5.49. The summed E-state index contributed by atoms with van der Waals surface area (Å²) in [5, 5.41) is 10.6. The summed E-state index contributed by atoms with van der Waals surface area (Å²) in [5.74, 6) is -2.40. The predicted octanol–water partition coefficient (Wildman–Crippen LogP) is 21.2. The van der Waals surface area contributed by atoms with Crippen LogP contribution in [0, 0.1) is 0 Å². The van der Waals surface area contributed by atoms with Crippen LogP contribution in [0.1, 0.15) is 246 Å². The summed E-state index contributed by atoms with van der Waals surface area (Å²) < 4.78 is 68.2. The monoisotopic (exact) mass is 1430 g/mol. The fourth-order valence-corrected chi connectivity index (χ4v) is 10.4. The van der Waals surface area contributed by atoms with Crippen molar-refractivity contribution in [1.82, 2.24) is 0 Å². The average Bonchev–Trinajstić information content (AvgIpc) is 0.985. The number of unbranched alkanes of at least 4 members (excludes halogenated alkanes) is 11. The first-order valence-electron chi connectivity index (χ1n) is 37.0. The van der Waals surface area contributed by atoms with Crippen molar-refractivity contribution < 1.29 is 80.2 Å². The van der Waals surface area contributed by atoms with Gasteiger partial charge in [-0.2, -0.15) is 0 Å². The van der Waals surface area contributed by atoms with Crippen LogP contribution in [0.25, 0.3) is 0 Å². The van der Waals surface area contributed by atoms with Crippen molar-refractivity contribution in [3.8, 4) is 0 Å². The van der Waals surface area contributed by atoms with Gasteiger partial charge in [0.15, 0.2) is 12.2 Å². The first-order valence-corrected chi connectivity index (χ1v) is 40.0. The van der Waals surface area contributed by atoms with Crippen LogP contribution >= 0.6 is 15.6 Å². The van der Waals surface area contributed by atoms with Gasteiger partial charge in [-0.15, -0.1) is 0 Å². The lowest BCUT2D eigenvalue weighted by atomic mass is 10.1. The second kappa shape index (κ2) is 71.6. The highest BCUT2D eigenvalue weighted by atomic mass is 31.2. The van der Waals surface area contributed by atoms with E-state index in [-0.39, 0.29) is 25.7 Å². The molecule has 19 heteroatoms. The number of carbonyl (C=O) groups excluding carboxylic acids is 4. The quantitative estimate of drug-likeness (QED) is 0.0169. The normalized spacial score (nSPS) is 15.0. The number of phosphoric ester groups is 2. The first-order chi connectivity index (χ1) is 48.7. The van der Waals surface area contributed by atoms with Crippen LogP contribution in [0.4, 0.5) is 0 Å². The molecule has 0 aromatic carbocycles. The number of aliphatic hydroxyl groups is 1. The minimum atomic E-state index is -5.01. The van der Waals surface area contributed by atoms with E-state index in [2.05, 4.69) is 186 Å². The molecule has 5 unspecified atom stereocenters. The molecule has 0 fully saturated rings. The highest BCUT2D eigenvalue weighted by molar-refractivity contribution is 7.47. The molecular weight excluding hydrogens is 1310 g/mol. The van der Waals surface area contributed by atoms with Gasteiger partial charge in [-0.25, -0.2) is 9.13 Å². The predicted molar refractivity (Wildman–Crippen MR) is 408 cm³/mol. The molecule has 0 aliphatic heterocycles. The fraction of sp³-hybridized carbons (Fsp3) is 0.580. The molecule has 3 N–H and O–H groups in total. The first kappa shape index (κ1) is 94.2. The fourth-order valence-electron chi connectivity index (χ4n) is 8.79. The van der Waals surface area contributed by atoms with Gasteiger partial charge in [0, 0.05) is 25.7 Å². The van der Waals surface area contributed by atoms with E-state index in [0.717, 1.165) is 148 Å². The van der Waals surface area contributed by atoms with Crippen LogP contribution in [-0.4, -0.2) is 96.7 Å². The molecule has 564 valence electrons. The van der Waals surface area contributed by atoms with Gasteiger partial charge < -0.3 is 33.8 Å². The molecule has 0 amide bonds. The van der Waals surface area contributed by atoms with Crippen LogP contribution in [0.15, 0.2) is 182 Å². The van der Waals surface area contributed by atoms with Crippen LogP contribution in [-0.2, 0) is 65.4 Å². The van der Waals surface area contributed by atoms with Crippen molar-refractivity contribution in [3.05, 3.63) is 182 Å². The summed E-state index contributed by atoms with van der Waals surface area (Å²) in [7, 11) is -10.0. The number of phosphoric acid groups is 2. The van der Waals surface area contributed by atoms with Crippen LogP contribution in [0.5, 0.6) is 0 Å². The smallest absolute Gasteiger partial charge is 0.462 e. The van der Waals surface area contributed by atoms with E-state index in [0.29, 0.717) is 38.5 Å². The van der Waals surface area contributed by atoms with Crippen molar-refractivity contribution in [1.29, 1.82) is 0 Å². The Morgan fingerprint density at radius 1 is 0.290 bits per heavy atom. The minimum Gasteiger partial charge on any atom is -0.462 e. The van der Waals surface area contributed by atoms with Gasteiger partial charge >= 0.3 is 39.5 Å². The summed E-state index contributed by atoms with van der Waals surface area (Å²) in [6, 6.07) is 0. The number of hydrogen-bond donors (Lipinski definition) is 3. The Morgan fingerprint density at radius 3 is 0.890 bits per heavy atom. The zero-order valence-corrected chi connectivity index (χ0v) is 63.1. The Bertz CT molecular complexity index is 2620. The molecule has 0 spiro atoms. The van der Waals surface area contributed by atoms with Gasteiger partial charge in [-0.3, -0.25) is 37.3 Å². The molecule has 0 radical (unpaired) electrons. The third-order valence-electron chi connectivity index (χ3n) is 14.4. The largest absolute Gasteiger partial charge is 0.472 e. The minimum absolute atomic E-state index is 0.0183. The lowest BCUT2D eigenvalue weighted by Crippen LogP contribution is -2.30. The van der Waals surface area contributed by atoms with Crippen LogP contribution in [0.2, 0.25) is 0 Å². The summed E-state index contributed by atoms with van der Waals surface area (Å²) in [6.07, 6.45) is 85.0. The van der Waals surface area contributed by atoms with Gasteiger partial charge in [-0.05, 0) is 161 Å². The molecule has 0 saturated heterocycles. The molecule has 0 aliphatic rings. The third-order valence-corrected chi connectivity index (χ3v) is 16.3. The number of ether oxygens (including phenoxy) is 4. The van der Waals surface area contributed by atoms with Crippen molar-refractivity contribution in [2.24, 2.45) is 0 Å². The van der Waals surface area contributed by atoms with Crippen molar-refractivity contribution in [2.75, 3.05) is 39.6 Å². The number of hydrogen-bond acceptors (Lipinski definition) is 15. The second-order valence-electron chi connectivity index (χ2n) is 23.7. The zero-order chi connectivity index (χ0) is 73.2.